The monoisotopic (exact) mass is 375 g/mol. The Morgan fingerprint density at radius 1 is 1.08 bits per heavy atom. The van der Waals surface area contributed by atoms with Gasteiger partial charge in [-0.2, -0.15) is 13.2 Å². The van der Waals surface area contributed by atoms with Crippen molar-refractivity contribution in [3.63, 3.8) is 0 Å². The SMILES string of the molecule is O=C(Cn1ccccc1=O)NNS(=O)(=O)c1ccccc1C(F)(F)F. The molecular weight excluding hydrogens is 363 g/mol. The normalized spacial score (nSPS) is 12.0. The molecule has 2 aromatic rings. The van der Waals surface area contributed by atoms with E-state index < -0.39 is 44.7 Å². The lowest BCUT2D eigenvalue weighted by molar-refractivity contribution is -0.139. The number of hydrogen-bond donors (Lipinski definition) is 2. The zero-order valence-electron chi connectivity index (χ0n) is 12.4. The van der Waals surface area contributed by atoms with E-state index in [1.807, 2.05) is 0 Å². The fourth-order valence-electron chi connectivity index (χ4n) is 1.90. The summed E-state index contributed by atoms with van der Waals surface area (Å²) in [6.07, 6.45) is -3.58. The van der Waals surface area contributed by atoms with Gasteiger partial charge < -0.3 is 4.57 Å². The highest BCUT2D eigenvalue weighted by Crippen LogP contribution is 2.33. The highest BCUT2D eigenvalue weighted by molar-refractivity contribution is 7.89. The third kappa shape index (κ3) is 4.67. The second kappa shape index (κ2) is 7.07. The van der Waals surface area contributed by atoms with Gasteiger partial charge in [-0.3, -0.25) is 15.0 Å². The van der Waals surface area contributed by atoms with Gasteiger partial charge in [0.2, 0.25) is 0 Å². The van der Waals surface area contributed by atoms with Crippen molar-refractivity contribution < 1.29 is 26.4 Å². The number of halogens is 3. The van der Waals surface area contributed by atoms with Gasteiger partial charge in [-0.25, -0.2) is 8.42 Å². The molecule has 0 aliphatic rings. The Morgan fingerprint density at radius 2 is 1.72 bits per heavy atom. The lowest BCUT2D eigenvalue weighted by Gasteiger charge is -2.14. The average molecular weight is 375 g/mol. The van der Waals surface area contributed by atoms with Gasteiger partial charge in [0.05, 0.1) is 10.5 Å². The van der Waals surface area contributed by atoms with E-state index in [0.717, 1.165) is 22.8 Å². The summed E-state index contributed by atoms with van der Waals surface area (Å²) >= 11 is 0. The van der Waals surface area contributed by atoms with Crippen molar-refractivity contribution >= 4 is 15.9 Å². The molecule has 1 amide bonds. The molecule has 0 aliphatic carbocycles. The van der Waals surface area contributed by atoms with Crippen LogP contribution < -0.4 is 15.8 Å². The largest absolute Gasteiger partial charge is 0.417 e. The summed E-state index contributed by atoms with van der Waals surface area (Å²) < 4.78 is 63.7. The lowest BCUT2D eigenvalue weighted by Crippen LogP contribution is -2.44. The van der Waals surface area contributed by atoms with E-state index in [1.54, 1.807) is 10.3 Å². The molecule has 0 radical (unpaired) electrons. The molecule has 0 bridgehead atoms. The van der Waals surface area contributed by atoms with Gasteiger partial charge in [0.25, 0.3) is 21.5 Å². The molecule has 0 unspecified atom stereocenters. The van der Waals surface area contributed by atoms with Gasteiger partial charge in [0.1, 0.15) is 6.54 Å². The number of alkyl halides is 3. The number of nitrogens with one attached hydrogen (secondary N) is 2. The van der Waals surface area contributed by atoms with E-state index in [1.165, 1.54) is 24.4 Å². The fraction of sp³-hybridized carbons (Fsp3) is 0.143. The smallest absolute Gasteiger partial charge is 0.306 e. The number of nitrogens with zero attached hydrogens (tertiary/aromatic N) is 1. The van der Waals surface area contributed by atoms with Crippen molar-refractivity contribution in [2.45, 2.75) is 17.6 Å². The van der Waals surface area contributed by atoms with Crippen LogP contribution in [0.4, 0.5) is 13.2 Å². The summed E-state index contributed by atoms with van der Waals surface area (Å²) in [6, 6.07) is 7.67. The molecule has 0 spiro atoms. The third-order valence-electron chi connectivity index (χ3n) is 3.02. The van der Waals surface area contributed by atoms with E-state index in [9.17, 15) is 31.2 Å². The van der Waals surface area contributed by atoms with Gasteiger partial charge >= 0.3 is 6.18 Å². The zero-order chi connectivity index (χ0) is 18.7. The van der Waals surface area contributed by atoms with E-state index in [0.29, 0.717) is 6.07 Å². The molecule has 11 heteroatoms. The molecule has 1 aromatic carbocycles. The zero-order valence-corrected chi connectivity index (χ0v) is 13.3. The Balaban J connectivity index is 2.14. The third-order valence-corrected chi connectivity index (χ3v) is 4.33. The minimum atomic E-state index is -4.88. The van der Waals surface area contributed by atoms with Gasteiger partial charge in [0, 0.05) is 12.3 Å². The quantitative estimate of drug-likeness (QED) is 0.758. The van der Waals surface area contributed by atoms with Crippen molar-refractivity contribution in [1.29, 1.82) is 0 Å². The van der Waals surface area contributed by atoms with Crippen LogP contribution in [0.3, 0.4) is 0 Å². The molecule has 0 fully saturated rings. The van der Waals surface area contributed by atoms with Crippen molar-refractivity contribution in [1.82, 2.24) is 14.8 Å². The number of hydrazine groups is 1. The molecule has 2 rings (SSSR count). The van der Waals surface area contributed by atoms with E-state index in [-0.39, 0.29) is 0 Å². The molecule has 1 heterocycles. The number of carbonyl (C=O) groups is 1. The first-order valence-electron chi connectivity index (χ1n) is 6.73. The van der Waals surface area contributed by atoms with Crippen molar-refractivity contribution in [3.05, 3.63) is 64.6 Å². The van der Waals surface area contributed by atoms with Gasteiger partial charge in [0.15, 0.2) is 0 Å². The number of benzene rings is 1. The summed E-state index contributed by atoms with van der Waals surface area (Å²) in [5, 5.41) is 0. The molecule has 0 atom stereocenters. The number of carbonyl (C=O) groups excluding carboxylic acids is 1. The second-order valence-electron chi connectivity index (χ2n) is 4.81. The predicted octanol–water partition coefficient (Wildman–Crippen LogP) is 0.877. The lowest BCUT2D eigenvalue weighted by atomic mass is 10.2. The molecule has 134 valence electrons. The van der Waals surface area contributed by atoms with E-state index in [4.69, 9.17) is 0 Å². The molecule has 2 N–H and O–H groups in total. The average Bonchev–Trinajstić information content (AvgIpc) is 2.54. The van der Waals surface area contributed by atoms with Crippen LogP contribution in [0.2, 0.25) is 0 Å². The summed E-state index contributed by atoms with van der Waals surface area (Å²) in [7, 11) is -4.66. The molecule has 25 heavy (non-hydrogen) atoms. The van der Waals surface area contributed by atoms with Crippen molar-refractivity contribution in [2.24, 2.45) is 0 Å². The Labute approximate surface area is 140 Å². The number of amides is 1. The van der Waals surface area contributed by atoms with Crippen molar-refractivity contribution in [2.75, 3.05) is 0 Å². The van der Waals surface area contributed by atoms with Crippen LogP contribution in [-0.2, 0) is 27.5 Å². The van der Waals surface area contributed by atoms with Crippen LogP contribution in [0.25, 0.3) is 0 Å². The Morgan fingerprint density at radius 3 is 2.36 bits per heavy atom. The molecule has 1 aromatic heterocycles. The molecule has 0 saturated carbocycles. The number of aromatic nitrogens is 1. The maximum atomic E-state index is 12.9. The maximum absolute atomic E-state index is 12.9. The van der Waals surface area contributed by atoms with E-state index in [2.05, 4.69) is 0 Å². The van der Waals surface area contributed by atoms with Crippen LogP contribution in [0.1, 0.15) is 5.56 Å². The minimum Gasteiger partial charge on any atom is -0.306 e. The minimum absolute atomic E-state index is 0.497. The maximum Gasteiger partial charge on any atom is 0.417 e. The molecule has 7 nitrogen and oxygen atoms in total. The number of hydrogen-bond acceptors (Lipinski definition) is 4. The first-order chi connectivity index (χ1) is 11.6. The summed E-state index contributed by atoms with van der Waals surface area (Å²) in [4.78, 5) is 23.7. The van der Waals surface area contributed by atoms with Crippen LogP contribution in [0, 0.1) is 0 Å². The van der Waals surface area contributed by atoms with Crippen LogP contribution in [0.15, 0.2) is 58.4 Å². The summed E-state index contributed by atoms with van der Waals surface area (Å²) in [5.41, 5.74) is -0.0903. The van der Waals surface area contributed by atoms with Crippen LogP contribution in [0.5, 0.6) is 0 Å². The first-order valence-corrected chi connectivity index (χ1v) is 8.22. The predicted molar refractivity (Wildman–Crippen MR) is 80.6 cm³/mol. The van der Waals surface area contributed by atoms with Gasteiger partial charge in [-0.15, -0.1) is 4.83 Å². The van der Waals surface area contributed by atoms with Crippen LogP contribution >= 0.6 is 0 Å². The fourth-order valence-corrected chi connectivity index (χ4v) is 2.99. The van der Waals surface area contributed by atoms with E-state index >= 15 is 0 Å². The second-order valence-corrected chi connectivity index (χ2v) is 6.47. The Kier molecular flexibility index (Phi) is 5.28. The number of pyridine rings is 1. The summed E-state index contributed by atoms with van der Waals surface area (Å²) in [6.45, 7) is -0.511. The summed E-state index contributed by atoms with van der Waals surface area (Å²) in [5.74, 6) is -0.929. The Hall–Kier alpha value is -2.66. The highest BCUT2D eigenvalue weighted by atomic mass is 32.2. The standard InChI is InChI=1S/C14H12F3N3O4S/c15-14(16,17)10-5-1-2-6-11(10)25(23,24)19-18-12(21)9-20-8-4-3-7-13(20)22/h1-8,19H,9H2,(H,18,21). The first kappa shape index (κ1) is 18.7. The molecule has 0 aliphatic heterocycles. The van der Waals surface area contributed by atoms with Gasteiger partial charge in [-0.1, -0.05) is 18.2 Å². The Bertz CT molecular complexity index is 939. The number of rotatable bonds is 5. The molecule has 0 saturated heterocycles. The van der Waals surface area contributed by atoms with Gasteiger partial charge in [-0.05, 0) is 18.2 Å². The molecular formula is C14H12F3N3O4S. The topological polar surface area (TPSA) is 97.3 Å². The van der Waals surface area contributed by atoms with Crippen molar-refractivity contribution in [3.8, 4) is 0 Å². The van der Waals surface area contributed by atoms with Crippen LogP contribution in [-0.4, -0.2) is 18.9 Å². The highest BCUT2D eigenvalue weighted by Gasteiger charge is 2.36. The number of sulfonamides is 1.